The Hall–Kier alpha value is -1.76. The highest BCUT2D eigenvalue weighted by Crippen LogP contribution is 2.28. The minimum Gasteiger partial charge on any atom is -0.377 e. The number of anilines is 1. The van der Waals surface area contributed by atoms with Gasteiger partial charge in [0, 0.05) is 12.6 Å². The summed E-state index contributed by atoms with van der Waals surface area (Å²) in [5.41, 5.74) is -0.862. The second-order valence-electron chi connectivity index (χ2n) is 5.32. The van der Waals surface area contributed by atoms with Crippen LogP contribution in [0.1, 0.15) is 13.3 Å². The number of benzene rings is 1. The van der Waals surface area contributed by atoms with E-state index in [4.69, 9.17) is 0 Å². The molecule has 2 rings (SSSR count). The maximum Gasteiger partial charge on any atom is 0.275 e. The molecule has 2 atom stereocenters. The number of likely N-dealkylation sites (tertiary alicyclic amines) is 1. The summed E-state index contributed by atoms with van der Waals surface area (Å²) in [6, 6.07) is 1.44. The zero-order chi connectivity index (χ0) is 14.9. The Morgan fingerprint density at radius 1 is 1.40 bits per heavy atom. The highest BCUT2D eigenvalue weighted by Gasteiger charge is 2.26. The molecule has 0 amide bonds. The van der Waals surface area contributed by atoms with Crippen LogP contribution in [-0.4, -0.2) is 36.0 Å². The normalized spacial score (nSPS) is 23.6. The van der Waals surface area contributed by atoms with Crippen molar-refractivity contribution in [1.82, 2.24) is 4.90 Å². The Kier molecular flexibility index (Phi) is 4.17. The fourth-order valence-electron chi connectivity index (χ4n) is 2.56. The molecule has 1 fully saturated rings. The van der Waals surface area contributed by atoms with Crippen molar-refractivity contribution in [3.8, 4) is 0 Å². The van der Waals surface area contributed by atoms with Gasteiger partial charge in [-0.2, -0.15) is 0 Å². The van der Waals surface area contributed by atoms with Gasteiger partial charge < -0.3 is 10.2 Å². The number of nitro groups is 1. The molecular weight excluding hydrogens is 268 g/mol. The topological polar surface area (TPSA) is 58.4 Å². The van der Waals surface area contributed by atoms with E-state index in [1.165, 1.54) is 0 Å². The first kappa shape index (κ1) is 14.6. The summed E-state index contributed by atoms with van der Waals surface area (Å²) in [6.07, 6.45) is 0.771. The molecule has 1 aromatic carbocycles. The van der Waals surface area contributed by atoms with E-state index in [1.54, 1.807) is 0 Å². The van der Waals surface area contributed by atoms with Crippen molar-refractivity contribution in [1.29, 1.82) is 0 Å². The van der Waals surface area contributed by atoms with Gasteiger partial charge in [0.1, 0.15) is 5.69 Å². The third-order valence-corrected chi connectivity index (χ3v) is 3.68. The molecule has 20 heavy (non-hydrogen) atoms. The van der Waals surface area contributed by atoms with Crippen molar-refractivity contribution in [3.63, 3.8) is 0 Å². The van der Waals surface area contributed by atoms with Crippen molar-refractivity contribution in [2.45, 2.75) is 19.4 Å². The van der Waals surface area contributed by atoms with Crippen LogP contribution in [0.3, 0.4) is 0 Å². The lowest BCUT2D eigenvalue weighted by Gasteiger charge is -2.35. The van der Waals surface area contributed by atoms with Crippen LogP contribution in [0.4, 0.5) is 20.2 Å². The quantitative estimate of drug-likeness (QED) is 0.685. The van der Waals surface area contributed by atoms with Gasteiger partial charge in [0.25, 0.3) is 5.69 Å². The van der Waals surface area contributed by atoms with E-state index in [0.717, 1.165) is 31.6 Å². The molecule has 0 spiro atoms. The van der Waals surface area contributed by atoms with Gasteiger partial charge in [-0.25, -0.2) is 8.78 Å². The van der Waals surface area contributed by atoms with E-state index >= 15 is 0 Å². The average Bonchev–Trinajstić information content (AvgIpc) is 2.35. The summed E-state index contributed by atoms with van der Waals surface area (Å²) in [4.78, 5) is 11.9. The van der Waals surface area contributed by atoms with E-state index in [1.807, 2.05) is 14.0 Å². The van der Waals surface area contributed by atoms with Crippen molar-refractivity contribution in [2.24, 2.45) is 5.92 Å². The molecule has 1 aromatic rings. The predicted molar refractivity (Wildman–Crippen MR) is 71.7 cm³/mol. The number of hydrogen-bond acceptors (Lipinski definition) is 4. The molecule has 5 nitrogen and oxygen atoms in total. The first-order valence-electron chi connectivity index (χ1n) is 6.47. The Morgan fingerprint density at radius 2 is 2.00 bits per heavy atom. The lowest BCUT2D eigenvalue weighted by molar-refractivity contribution is -0.385. The van der Waals surface area contributed by atoms with Gasteiger partial charge >= 0.3 is 0 Å². The van der Waals surface area contributed by atoms with Crippen LogP contribution in [0.2, 0.25) is 0 Å². The molecule has 0 bridgehead atoms. The molecule has 0 radical (unpaired) electrons. The van der Waals surface area contributed by atoms with Crippen LogP contribution < -0.4 is 5.32 Å². The van der Waals surface area contributed by atoms with E-state index in [9.17, 15) is 18.9 Å². The Bertz CT molecular complexity index is 501. The molecule has 1 heterocycles. The lowest BCUT2D eigenvalue weighted by atomic mass is 9.94. The molecule has 1 saturated heterocycles. The second-order valence-corrected chi connectivity index (χ2v) is 5.32. The van der Waals surface area contributed by atoms with Crippen LogP contribution in [0.5, 0.6) is 0 Å². The third kappa shape index (κ3) is 3.04. The van der Waals surface area contributed by atoms with Crippen molar-refractivity contribution < 1.29 is 13.7 Å². The highest BCUT2D eigenvalue weighted by atomic mass is 19.1. The lowest BCUT2D eigenvalue weighted by Crippen LogP contribution is -2.43. The van der Waals surface area contributed by atoms with Crippen molar-refractivity contribution in [2.75, 3.05) is 25.5 Å². The first-order chi connectivity index (χ1) is 9.38. The van der Waals surface area contributed by atoms with Crippen molar-refractivity contribution in [3.05, 3.63) is 33.9 Å². The van der Waals surface area contributed by atoms with Gasteiger partial charge in [-0.15, -0.1) is 0 Å². The maximum atomic E-state index is 13.8. The number of nitrogens with zero attached hydrogens (tertiary/aromatic N) is 2. The van der Waals surface area contributed by atoms with Crippen LogP contribution >= 0.6 is 0 Å². The number of piperidine rings is 1. The summed E-state index contributed by atoms with van der Waals surface area (Å²) < 4.78 is 27.6. The molecule has 1 aliphatic heterocycles. The van der Waals surface area contributed by atoms with E-state index in [-0.39, 0.29) is 17.6 Å². The summed E-state index contributed by atoms with van der Waals surface area (Å²) in [6.45, 7) is 3.70. The molecule has 0 aromatic heterocycles. The molecule has 1 aliphatic rings. The van der Waals surface area contributed by atoms with Gasteiger partial charge in [0.15, 0.2) is 11.6 Å². The number of rotatable bonds is 3. The fourth-order valence-corrected chi connectivity index (χ4v) is 2.56. The van der Waals surface area contributed by atoms with Crippen LogP contribution in [0.25, 0.3) is 0 Å². The third-order valence-electron chi connectivity index (χ3n) is 3.68. The monoisotopic (exact) mass is 285 g/mol. The van der Waals surface area contributed by atoms with E-state index in [0.29, 0.717) is 0 Å². The molecule has 2 unspecified atom stereocenters. The number of hydrogen-bond donors (Lipinski definition) is 1. The van der Waals surface area contributed by atoms with Gasteiger partial charge in [-0.3, -0.25) is 10.1 Å². The largest absolute Gasteiger partial charge is 0.377 e. The first-order valence-corrected chi connectivity index (χ1v) is 6.47. The van der Waals surface area contributed by atoms with Crippen LogP contribution in [0.15, 0.2) is 12.1 Å². The zero-order valence-corrected chi connectivity index (χ0v) is 11.4. The maximum absolute atomic E-state index is 13.8. The standard InChI is InChI=1S/C13H17F2N3O2/c1-8-7-17(2)4-3-12(8)16-13-10(14)5-9(18(19)20)6-11(13)15/h5-6,8,12,16H,3-4,7H2,1-2H3. The Morgan fingerprint density at radius 3 is 2.50 bits per heavy atom. The van der Waals surface area contributed by atoms with E-state index < -0.39 is 22.2 Å². The smallest absolute Gasteiger partial charge is 0.275 e. The van der Waals surface area contributed by atoms with Gasteiger partial charge in [-0.1, -0.05) is 6.92 Å². The summed E-state index contributed by atoms with van der Waals surface area (Å²) in [5.74, 6) is -1.62. The molecule has 0 aliphatic carbocycles. The number of halogens is 2. The minimum atomic E-state index is -0.928. The van der Waals surface area contributed by atoms with Gasteiger partial charge in [0.05, 0.1) is 17.1 Å². The molecule has 7 heteroatoms. The summed E-state index contributed by atoms with van der Waals surface area (Å²) in [7, 11) is 2.00. The summed E-state index contributed by atoms with van der Waals surface area (Å²) in [5, 5.41) is 13.4. The zero-order valence-electron chi connectivity index (χ0n) is 11.4. The second kappa shape index (κ2) is 5.70. The molecule has 0 saturated carbocycles. The molecule has 110 valence electrons. The van der Waals surface area contributed by atoms with Crippen LogP contribution in [-0.2, 0) is 0 Å². The Labute approximate surface area is 115 Å². The molecule has 1 N–H and O–H groups in total. The van der Waals surface area contributed by atoms with E-state index in [2.05, 4.69) is 10.2 Å². The van der Waals surface area contributed by atoms with Gasteiger partial charge in [-0.05, 0) is 25.9 Å². The number of non-ortho nitro benzene ring substituents is 1. The molecular formula is C13H17F2N3O2. The predicted octanol–water partition coefficient (Wildman–Crippen LogP) is 2.63. The SMILES string of the molecule is CC1CN(C)CCC1Nc1c(F)cc([N+](=O)[O-])cc1F. The fraction of sp³-hybridized carbons (Fsp3) is 0.538. The average molecular weight is 285 g/mol. The highest BCUT2D eigenvalue weighted by molar-refractivity contribution is 5.52. The minimum absolute atomic E-state index is 0.0448. The summed E-state index contributed by atoms with van der Waals surface area (Å²) >= 11 is 0. The van der Waals surface area contributed by atoms with Crippen LogP contribution in [0, 0.1) is 27.7 Å². The van der Waals surface area contributed by atoms with Gasteiger partial charge in [0.2, 0.25) is 0 Å². The van der Waals surface area contributed by atoms with Crippen molar-refractivity contribution >= 4 is 11.4 Å². The number of nitro benzene ring substituents is 1. The number of nitrogens with one attached hydrogen (secondary N) is 1. The Balaban J connectivity index is 2.19.